The number of hydrogen-bond acceptors (Lipinski definition) is 3. The SMILES string of the molecule is CC12COCC(CO1)O2. The molecule has 0 amide bonds. The van der Waals surface area contributed by atoms with Crippen molar-refractivity contribution in [3.63, 3.8) is 0 Å². The standard InChI is InChI=1S/C6H10O3/c1-6-4-7-2-5(9-6)3-8-6/h5H,2-4H2,1H3. The fourth-order valence-corrected chi connectivity index (χ4v) is 1.22. The number of hydrogen-bond donors (Lipinski definition) is 0. The van der Waals surface area contributed by atoms with Crippen LogP contribution in [0.5, 0.6) is 0 Å². The molecule has 2 heterocycles. The van der Waals surface area contributed by atoms with Crippen molar-refractivity contribution in [1.82, 2.24) is 0 Å². The molecule has 9 heavy (non-hydrogen) atoms. The summed E-state index contributed by atoms with van der Waals surface area (Å²) in [6, 6.07) is 0. The minimum absolute atomic E-state index is 0.184. The zero-order valence-electron chi connectivity index (χ0n) is 5.42. The fraction of sp³-hybridized carbons (Fsp3) is 1.00. The molecule has 0 N–H and O–H groups in total. The molecule has 0 aromatic rings. The number of ether oxygens (including phenoxy) is 3. The lowest BCUT2D eigenvalue weighted by molar-refractivity contribution is -0.224. The minimum atomic E-state index is -0.428. The van der Waals surface area contributed by atoms with Gasteiger partial charge in [-0.3, -0.25) is 0 Å². The van der Waals surface area contributed by atoms with Crippen LogP contribution in [0.1, 0.15) is 6.92 Å². The van der Waals surface area contributed by atoms with E-state index < -0.39 is 5.79 Å². The summed E-state index contributed by atoms with van der Waals surface area (Å²) < 4.78 is 16.0. The summed E-state index contributed by atoms with van der Waals surface area (Å²) in [4.78, 5) is 0. The Bertz CT molecular complexity index is 121. The molecule has 0 radical (unpaired) electrons. The van der Waals surface area contributed by atoms with Crippen LogP contribution in [0.15, 0.2) is 0 Å². The van der Waals surface area contributed by atoms with Crippen molar-refractivity contribution >= 4 is 0 Å². The highest BCUT2D eigenvalue weighted by molar-refractivity contribution is 4.78. The lowest BCUT2D eigenvalue weighted by atomic mass is 10.3. The number of rotatable bonds is 0. The van der Waals surface area contributed by atoms with Gasteiger partial charge in [-0.15, -0.1) is 0 Å². The molecule has 3 nitrogen and oxygen atoms in total. The summed E-state index contributed by atoms with van der Waals surface area (Å²) >= 11 is 0. The first-order valence-electron chi connectivity index (χ1n) is 3.18. The molecule has 2 rings (SSSR count). The summed E-state index contributed by atoms with van der Waals surface area (Å²) in [7, 11) is 0. The van der Waals surface area contributed by atoms with Crippen LogP contribution in [0.4, 0.5) is 0 Å². The van der Waals surface area contributed by atoms with Crippen LogP contribution in [0, 0.1) is 0 Å². The van der Waals surface area contributed by atoms with Crippen LogP contribution in [-0.2, 0) is 14.2 Å². The Morgan fingerprint density at radius 1 is 1.44 bits per heavy atom. The Morgan fingerprint density at radius 2 is 2.33 bits per heavy atom. The van der Waals surface area contributed by atoms with Crippen molar-refractivity contribution in [2.45, 2.75) is 18.8 Å². The van der Waals surface area contributed by atoms with Gasteiger partial charge in [0.25, 0.3) is 0 Å². The second-order valence-corrected chi connectivity index (χ2v) is 2.70. The van der Waals surface area contributed by atoms with E-state index in [0.717, 1.165) is 0 Å². The predicted molar refractivity (Wildman–Crippen MR) is 30.0 cm³/mol. The molecule has 2 aliphatic heterocycles. The maximum Gasteiger partial charge on any atom is 0.189 e. The van der Waals surface area contributed by atoms with E-state index in [1.54, 1.807) is 0 Å². The fourth-order valence-electron chi connectivity index (χ4n) is 1.22. The highest BCUT2D eigenvalue weighted by Crippen LogP contribution is 2.27. The van der Waals surface area contributed by atoms with Crippen molar-refractivity contribution in [3.05, 3.63) is 0 Å². The molecule has 2 bridgehead atoms. The zero-order valence-corrected chi connectivity index (χ0v) is 5.42. The summed E-state index contributed by atoms with van der Waals surface area (Å²) in [5.41, 5.74) is 0. The Morgan fingerprint density at radius 3 is 3.00 bits per heavy atom. The molecule has 0 spiro atoms. The summed E-state index contributed by atoms with van der Waals surface area (Å²) in [5, 5.41) is 0. The van der Waals surface area contributed by atoms with Gasteiger partial charge in [0.2, 0.25) is 0 Å². The van der Waals surface area contributed by atoms with E-state index in [0.29, 0.717) is 19.8 Å². The molecule has 0 aliphatic carbocycles. The molecule has 0 aromatic heterocycles. The van der Waals surface area contributed by atoms with Gasteiger partial charge >= 0.3 is 0 Å². The molecule has 52 valence electrons. The minimum Gasteiger partial charge on any atom is -0.373 e. The molecule has 2 saturated heterocycles. The van der Waals surface area contributed by atoms with Crippen LogP contribution in [-0.4, -0.2) is 31.7 Å². The van der Waals surface area contributed by atoms with Crippen LogP contribution < -0.4 is 0 Å². The smallest absolute Gasteiger partial charge is 0.189 e. The van der Waals surface area contributed by atoms with Crippen molar-refractivity contribution in [3.8, 4) is 0 Å². The predicted octanol–water partition coefficient (Wildman–Crippen LogP) is 0.148. The molecule has 2 aliphatic rings. The summed E-state index contributed by atoms with van der Waals surface area (Å²) in [6.07, 6.45) is 0.184. The molecule has 2 atom stereocenters. The van der Waals surface area contributed by atoms with Gasteiger partial charge in [-0.05, 0) is 6.92 Å². The van der Waals surface area contributed by atoms with Gasteiger partial charge in [0.1, 0.15) is 12.7 Å². The van der Waals surface area contributed by atoms with E-state index in [9.17, 15) is 0 Å². The van der Waals surface area contributed by atoms with Crippen molar-refractivity contribution in [2.75, 3.05) is 19.8 Å². The van der Waals surface area contributed by atoms with Gasteiger partial charge in [0.15, 0.2) is 5.79 Å². The lowest BCUT2D eigenvalue weighted by Crippen LogP contribution is -2.38. The average molecular weight is 130 g/mol. The van der Waals surface area contributed by atoms with E-state index in [1.165, 1.54) is 0 Å². The normalized spacial score (nSPS) is 49.7. The third-order valence-corrected chi connectivity index (χ3v) is 1.66. The average Bonchev–Trinajstić information content (AvgIpc) is 2.07. The van der Waals surface area contributed by atoms with Gasteiger partial charge in [0, 0.05) is 0 Å². The second kappa shape index (κ2) is 1.68. The zero-order chi connectivity index (χ0) is 6.32. The summed E-state index contributed by atoms with van der Waals surface area (Å²) in [6.45, 7) is 3.86. The summed E-state index contributed by atoms with van der Waals surface area (Å²) in [5.74, 6) is -0.428. The Kier molecular flexibility index (Phi) is 1.06. The Balaban J connectivity index is 2.13. The molecule has 3 heteroatoms. The van der Waals surface area contributed by atoms with Crippen LogP contribution in [0.25, 0.3) is 0 Å². The highest BCUT2D eigenvalue weighted by Gasteiger charge is 2.41. The molecule has 0 aromatic carbocycles. The van der Waals surface area contributed by atoms with Crippen molar-refractivity contribution < 1.29 is 14.2 Å². The molecular weight excluding hydrogens is 120 g/mol. The van der Waals surface area contributed by atoms with Crippen LogP contribution in [0.3, 0.4) is 0 Å². The first-order valence-corrected chi connectivity index (χ1v) is 3.18. The Labute approximate surface area is 53.9 Å². The van der Waals surface area contributed by atoms with Crippen molar-refractivity contribution in [1.29, 1.82) is 0 Å². The third-order valence-electron chi connectivity index (χ3n) is 1.66. The second-order valence-electron chi connectivity index (χ2n) is 2.70. The van der Waals surface area contributed by atoms with Gasteiger partial charge in [-0.2, -0.15) is 0 Å². The van der Waals surface area contributed by atoms with Gasteiger partial charge in [0.05, 0.1) is 13.2 Å². The third kappa shape index (κ3) is 0.852. The van der Waals surface area contributed by atoms with E-state index in [4.69, 9.17) is 14.2 Å². The van der Waals surface area contributed by atoms with Gasteiger partial charge < -0.3 is 14.2 Å². The van der Waals surface area contributed by atoms with E-state index in [1.807, 2.05) is 6.92 Å². The monoisotopic (exact) mass is 130 g/mol. The van der Waals surface area contributed by atoms with E-state index >= 15 is 0 Å². The molecule has 2 unspecified atom stereocenters. The van der Waals surface area contributed by atoms with Crippen LogP contribution >= 0.6 is 0 Å². The van der Waals surface area contributed by atoms with E-state index in [2.05, 4.69) is 0 Å². The lowest BCUT2D eigenvalue weighted by Gasteiger charge is -2.27. The maximum absolute atomic E-state index is 5.44. The topological polar surface area (TPSA) is 27.7 Å². The van der Waals surface area contributed by atoms with Crippen LogP contribution in [0.2, 0.25) is 0 Å². The highest BCUT2D eigenvalue weighted by atomic mass is 16.8. The maximum atomic E-state index is 5.44. The van der Waals surface area contributed by atoms with Gasteiger partial charge in [-0.1, -0.05) is 0 Å². The molecular formula is C6H10O3. The Hall–Kier alpha value is -0.120. The quantitative estimate of drug-likeness (QED) is 0.467. The molecule has 2 fully saturated rings. The number of fused-ring (bicyclic) bond motifs is 2. The largest absolute Gasteiger partial charge is 0.373 e. The van der Waals surface area contributed by atoms with E-state index in [-0.39, 0.29) is 6.10 Å². The first-order chi connectivity index (χ1) is 4.29. The molecule has 0 saturated carbocycles. The van der Waals surface area contributed by atoms with Crippen molar-refractivity contribution in [2.24, 2.45) is 0 Å². The van der Waals surface area contributed by atoms with Gasteiger partial charge in [-0.25, -0.2) is 0 Å². The first kappa shape index (κ1) is 5.65.